The molecule has 0 aliphatic heterocycles. The Hall–Kier alpha value is -10.1. The van der Waals surface area contributed by atoms with Gasteiger partial charge in [-0.2, -0.15) is 0 Å². The maximum atomic E-state index is 11.0. The first-order valence-electron chi connectivity index (χ1n) is 32.1. The molecule has 6 aromatic carbocycles. The summed E-state index contributed by atoms with van der Waals surface area (Å²) in [6, 6.07) is 49.0. The number of thiazole rings is 6. The number of quaternary nitrogens is 1. The van der Waals surface area contributed by atoms with Crippen LogP contribution >= 0.6 is 85.9 Å². The van der Waals surface area contributed by atoms with Crippen LogP contribution in [0.1, 0.15) is 74.5 Å². The molecule has 0 radical (unpaired) electrons. The molecule has 0 aliphatic rings. The number of nitro benzene ring substituents is 2. The molecule has 0 fully saturated rings. The molecule has 6 heterocycles. The maximum absolute atomic E-state index is 11.0. The fraction of sp³-hybridized carbons (Fsp3) is 0.181. The molecule has 12 aromatic rings. The van der Waals surface area contributed by atoms with Crippen molar-refractivity contribution < 1.29 is 60.9 Å². The summed E-state index contributed by atoms with van der Waals surface area (Å²) in [5, 5.41) is 43.4. The zero-order valence-electron chi connectivity index (χ0n) is 58.5. The predicted octanol–water partition coefficient (Wildman–Crippen LogP) is 16.6. The smallest absolute Gasteiger partial charge is 0.369 e. The van der Waals surface area contributed by atoms with Crippen LogP contribution in [-0.2, 0) is 93.1 Å². The first-order valence-corrected chi connectivity index (χ1v) is 50.6. The van der Waals surface area contributed by atoms with Gasteiger partial charge < -0.3 is 50.4 Å². The van der Waals surface area contributed by atoms with Gasteiger partial charge in [-0.25, -0.2) is 49.7 Å². The van der Waals surface area contributed by atoms with Crippen molar-refractivity contribution in [3.8, 4) is 31.7 Å². The Labute approximate surface area is 670 Å². The van der Waals surface area contributed by atoms with Crippen molar-refractivity contribution in [1.82, 2.24) is 36.1 Å². The predicted molar refractivity (Wildman–Crippen MR) is 432 cm³/mol. The van der Waals surface area contributed by atoms with E-state index in [1.54, 1.807) is 86.9 Å². The average Bonchev–Trinajstić information content (AvgIpc) is 1.67. The van der Waals surface area contributed by atoms with Crippen molar-refractivity contribution in [2.45, 2.75) is 67.9 Å². The number of non-ortho nitro benzene ring substituents is 2. The summed E-state index contributed by atoms with van der Waals surface area (Å²) in [7, 11) is 7.42. The molecule has 0 spiro atoms. The molecular formula is C72H69Cl2N13O15S7Sn. The Morgan fingerprint density at radius 3 is 1.07 bits per heavy atom. The largest absolute Gasteiger partial charge is 0.369 e. The number of carbonyl (C=O) groups excluding carboxylic acids is 4. The normalized spacial score (nSPS) is 11.3. The molecule has 0 aliphatic carbocycles. The number of rotatable bonds is 32. The molecule has 0 unspecified atom stereocenters. The van der Waals surface area contributed by atoms with Gasteiger partial charge in [0.1, 0.15) is 66.9 Å². The number of nitro groups is 2. The third-order valence-electron chi connectivity index (χ3n) is 14.8. The number of hydrogen-bond acceptors (Lipinski definition) is 30. The van der Waals surface area contributed by atoms with Crippen molar-refractivity contribution >= 4 is 165 Å². The molecule has 7 N–H and O–H groups in total. The zero-order valence-corrected chi connectivity index (χ0v) is 69.0. The minimum Gasteiger partial charge on any atom is -0.369 e. The van der Waals surface area contributed by atoms with Crippen LogP contribution < -0.4 is 22.1 Å². The SMILES string of the molecule is O=COCc1ncsc1N[C@@H](Cc1ccc(CS(=O)(=O)[O-])cc1)c1csc(-c2ccccc2)n1.O=COCc1ncsc1N[C@@H](Cc1ccc([N+](=O)[O-])cc1)c1csc(-c2ccccc2)n1.O=COCc1ncsc1N[C@@H](Cc1ccc([N+](=O)[O-])cc1)c1csc(-c2ccccc2)n1.[C-]#[N+]CC(=O)OC.[CH3][SnH]([Cl])[Cl].[NH4+]. The summed E-state index contributed by atoms with van der Waals surface area (Å²) >= 11 is 7.19. The molecule has 28 nitrogen and oxygen atoms in total. The second kappa shape index (κ2) is 45.8. The van der Waals surface area contributed by atoms with Crippen LogP contribution in [0.25, 0.3) is 36.6 Å². The molecule has 0 saturated carbocycles. The second-order valence-electron chi connectivity index (χ2n) is 22.4. The molecule has 110 heavy (non-hydrogen) atoms. The standard InChI is InChI=1S/C23H21N3O5S3.2C22H18N4O4S2.C4H5NO2.CH3.2ClH.H3N.Sn.H/c27-15-31-11-20-23(33-14-24-20)25-19(10-16-6-8-17(9-7-16)13-34(28,29)30)21-12-32-22(26-21)18-4-2-1-3-5-18;2*27-14-30-11-19-22(32-13-23-19)24-18(10-15-6-8-17(9-7-15)26(28)29)20-12-31-21(25-20)16-4-2-1-3-5-16;1-5-3-4(6)7-2;;;;;;/h1-9,12,14-15,19,25H,10-11,13H2,(H,28,29,30);2*1-9,12-14,18,24H,10-11H2;3H2,2H3;1H3;2*1H;1H3;;/q;;;;;;;;+2;/p-2/t19-;2*18-;;;;;;;/m000......./s1. The third kappa shape index (κ3) is 28.7. The average molecular weight is 1770 g/mol. The number of nitrogens with one attached hydrogen (secondary N) is 3. The van der Waals surface area contributed by atoms with E-state index in [0.717, 1.165) is 80.5 Å². The van der Waals surface area contributed by atoms with Gasteiger partial charge in [0.25, 0.3) is 30.8 Å². The van der Waals surface area contributed by atoms with Crippen molar-refractivity contribution in [3.05, 3.63) is 285 Å². The summed E-state index contributed by atoms with van der Waals surface area (Å²) in [4.78, 5) is 94.9. The van der Waals surface area contributed by atoms with E-state index in [1.807, 2.05) is 124 Å². The number of halogens is 2. The van der Waals surface area contributed by atoms with Gasteiger partial charge in [-0.3, -0.25) is 34.6 Å². The van der Waals surface area contributed by atoms with Gasteiger partial charge in [0, 0.05) is 57.1 Å². The van der Waals surface area contributed by atoms with Crippen LogP contribution in [0.15, 0.2) is 196 Å². The summed E-state index contributed by atoms with van der Waals surface area (Å²) in [5.41, 5.74) is 15.9. The molecule has 12 rings (SSSR count). The van der Waals surface area contributed by atoms with E-state index in [9.17, 15) is 52.4 Å². The van der Waals surface area contributed by atoms with Crippen molar-refractivity contribution in [3.63, 3.8) is 0 Å². The molecular weight excluding hydrogens is 1700 g/mol. The van der Waals surface area contributed by atoms with Crippen LogP contribution in [0, 0.1) is 26.8 Å². The van der Waals surface area contributed by atoms with Crippen LogP contribution in [-0.4, -0.2) is 109 Å². The Bertz CT molecular complexity index is 4810. The van der Waals surface area contributed by atoms with E-state index in [1.165, 1.54) is 65.4 Å². The van der Waals surface area contributed by atoms with Gasteiger partial charge in [0.05, 0.1) is 84.6 Å². The monoisotopic (exact) mass is 1770 g/mol. The number of methoxy groups -OCH3 is 1. The Morgan fingerprint density at radius 2 is 0.818 bits per heavy atom. The second-order valence-corrected chi connectivity index (χ2v) is 42.2. The first kappa shape index (κ1) is 87.1. The summed E-state index contributed by atoms with van der Waals surface area (Å²) in [6.45, 7) is 7.37. The van der Waals surface area contributed by atoms with E-state index in [2.05, 4.69) is 40.5 Å². The quantitative estimate of drug-likeness (QED) is 0.00444. The Morgan fingerprint density at radius 1 is 0.527 bits per heavy atom. The number of aromatic nitrogens is 6. The van der Waals surface area contributed by atoms with Crippen molar-refractivity contribution in [2.75, 3.05) is 29.6 Å². The van der Waals surface area contributed by atoms with Gasteiger partial charge in [-0.15, -0.1) is 68.0 Å². The number of anilines is 3. The number of nitrogens with zero attached hydrogens (tertiary/aromatic N) is 9. The van der Waals surface area contributed by atoms with Crippen molar-refractivity contribution in [2.24, 2.45) is 0 Å². The summed E-state index contributed by atoms with van der Waals surface area (Å²) in [6.07, 6.45) is 1.66. The molecule has 6 aromatic heterocycles. The number of carbonyl (C=O) groups is 4. The fourth-order valence-corrected chi connectivity index (χ4v) is 15.2. The minimum absolute atomic E-state index is 0. The molecule has 0 saturated heterocycles. The number of hydrogen-bond donors (Lipinski definition) is 4. The molecule has 3 atom stereocenters. The number of ether oxygens (including phenoxy) is 4. The van der Waals surface area contributed by atoms with E-state index in [-0.39, 0.29) is 62.0 Å². The van der Waals surface area contributed by atoms with Gasteiger partial charge in [-0.05, 0) is 41.5 Å². The summed E-state index contributed by atoms with van der Waals surface area (Å²) in [5.74, 6) is -1.02. The minimum atomic E-state index is -4.34. The van der Waals surface area contributed by atoms with Crippen LogP contribution in [0.3, 0.4) is 0 Å². The van der Waals surface area contributed by atoms with Crippen LogP contribution in [0.5, 0.6) is 0 Å². The molecule has 0 amide bonds. The number of esters is 1. The summed E-state index contributed by atoms with van der Waals surface area (Å²) < 4.78 is 51.9. The van der Waals surface area contributed by atoms with Gasteiger partial charge >= 0.3 is 52.8 Å². The van der Waals surface area contributed by atoms with E-state index < -0.39 is 49.2 Å². The van der Waals surface area contributed by atoms with Crippen molar-refractivity contribution in [1.29, 1.82) is 0 Å². The zero-order chi connectivity index (χ0) is 77.9. The fourth-order valence-electron chi connectivity index (χ4n) is 9.77. The number of benzene rings is 6. The maximum Gasteiger partial charge on any atom is -0.369 e. The van der Waals surface area contributed by atoms with E-state index >= 15 is 0 Å². The van der Waals surface area contributed by atoms with Gasteiger partial charge in [0.15, 0.2) is 0 Å². The Balaban J connectivity index is 0.000000213. The van der Waals surface area contributed by atoms with E-state index in [0.29, 0.717) is 61.3 Å². The first-order chi connectivity index (χ1) is 52.7. The Kier molecular flexibility index (Phi) is 36.3. The molecule has 0 bridgehead atoms. The molecule has 38 heteroatoms. The van der Waals surface area contributed by atoms with Crippen LogP contribution in [0.4, 0.5) is 26.4 Å². The third-order valence-corrected chi connectivity index (χ3v) is 20.6. The van der Waals surface area contributed by atoms with Gasteiger partial charge in [-0.1, -0.05) is 140 Å². The topological polar surface area (TPSA) is 403 Å². The van der Waals surface area contributed by atoms with E-state index in [4.69, 9.17) is 53.6 Å². The van der Waals surface area contributed by atoms with Gasteiger partial charge in [0.2, 0.25) is 0 Å². The van der Waals surface area contributed by atoms with Crippen LogP contribution in [0.2, 0.25) is 4.94 Å². The molecule has 572 valence electrons.